The van der Waals surface area contributed by atoms with Gasteiger partial charge < -0.3 is 4.74 Å². The highest BCUT2D eigenvalue weighted by molar-refractivity contribution is 6.30. The summed E-state index contributed by atoms with van der Waals surface area (Å²) in [5.74, 6) is 7.18. The van der Waals surface area contributed by atoms with Gasteiger partial charge >= 0.3 is 0 Å². The van der Waals surface area contributed by atoms with Crippen LogP contribution in [0.3, 0.4) is 0 Å². The molecule has 0 radical (unpaired) electrons. The highest BCUT2D eigenvalue weighted by atomic mass is 35.5. The second-order valence-corrected chi connectivity index (χ2v) is 6.16. The third kappa shape index (κ3) is 4.37. The zero-order valence-electron chi connectivity index (χ0n) is 12.1. The number of hydrogen-bond donors (Lipinski definition) is 2. The number of hydrogen-bond acceptors (Lipinski definition) is 3. The molecule has 0 aliphatic heterocycles. The summed E-state index contributed by atoms with van der Waals surface area (Å²) in [6.45, 7) is 2.08. The fraction of sp³-hybridized carbons (Fsp3) is 0.625. The lowest BCUT2D eigenvalue weighted by atomic mass is 9.89. The Hall–Kier alpha value is -0.770. The van der Waals surface area contributed by atoms with Crippen molar-refractivity contribution in [3.05, 3.63) is 29.3 Å². The predicted molar refractivity (Wildman–Crippen MR) is 83.8 cm³/mol. The molecule has 4 heteroatoms. The largest absolute Gasteiger partial charge is 0.489 e. The van der Waals surface area contributed by atoms with Crippen LogP contribution in [-0.2, 0) is 0 Å². The number of benzene rings is 1. The maximum Gasteiger partial charge on any atom is 0.121 e. The molecule has 0 bridgehead atoms. The maximum atomic E-state index is 6.02. The standard InChI is InChI=1S/C16H25ClN2O/c1-12(20-15-10-6-9-14(17)11-15)16(19-18)13-7-4-2-3-5-8-13/h6,9-13,16,19H,2-5,7-8,18H2,1H3. The minimum Gasteiger partial charge on any atom is -0.489 e. The Morgan fingerprint density at radius 2 is 1.95 bits per heavy atom. The van der Waals surface area contributed by atoms with Gasteiger partial charge in [-0.15, -0.1) is 0 Å². The van der Waals surface area contributed by atoms with E-state index in [1.807, 2.05) is 24.3 Å². The van der Waals surface area contributed by atoms with E-state index in [9.17, 15) is 0 Å². The highest BCUT2D eigenvalue weighted by Crippen LogP contribution is 2.28. The van der Waals surface area contributed by atoms with Gasteiger partial charge in [0.25, 0.3) is 0 Å². The molecule has 0 spiro atoms. The molecule has 2 unspecified atom stereocenters. The molecule has 1 aromatic rings. The van der Waals surface area contributed by atoms with Crippen molar-refractivity contribution in [1.29, 1.82) is 0 Å². The second-order valence-electron chi connectivity index (χ2n) is 5.72. The molecule has 1 aliphatic carbocycles. The molecule has 1 fully saturated rings. The average molecular weight is 297 g/mol. The van der Waals surface area contributed by atoms with Crippen LogP contribution in [0.5, 0.6) is 5.75 Å². The number of nitrogens with one attached hydrogen (secondary N) is 1. The number of rotatable bonds is 5. The van der Waals surface area contributed by atoms with Gasteiger partial charge in [-0.2, -0.15) is 0 Å². The molecule has 3 N–H and O–H groups in total. The van der Waals surface area contributed by atoms with E-state index in [0.717, 1.165) is 5.75 Å². The SMILES string of the molecule is CC(Oc1cccc(Cl)c1)C(NN)C1CCCCCC1. The van der Waals surface area contributed by atoms with Crippen molar-refractivity contribution in [3.63, 3.8) is 0 Å². The Bertz CT molecular complexity index is 405. The number of hydrazine groups is 1. The quantitative estimate of drug-likeness (QED) is 0.492. The van der Waals surface area contributed by atoms with Crippen LogP contribution in [0.15, 0.2) is 24.3 Å². The van der Waals surface area contributed by atoms with Crippen LogP contribution in [-0.4, -0.2) is 12.1 Å². The van der Waals surface area contributed by atoms with Crippen molar-refractivity contribution < 1.29 is 4.74 Å². The van der Waals surface area contributed by atoms with Gasteiger partial charge in [0, 0.05) is 5.02 Å². The number of nitrogens with two attached hydrogens (primary N) is 1. The molecule has 0 amide bonds. The van der Waals surface area contributed by atoms with Gasteiger partial charge in [-0.05, 0) is 43.9 Å². The van der Waals surface area contributed by atoms with Gasteiger partial charge in [0.05, 0.1) is 6.04 Å². The molecule has 1 saturated carbocycles. The van der Waals surface area contributed by atoms with Gasteiger partial charge in [-0.1, -0.05) is 43.4 Å². The normalized spacial score (nSPS) is 20.1. The van der Waals surface area contributed by atoms with Crippen molar-refractivity contribution in [1.82, 2.24) is 5.43 Å². The first-order valence-electron chi connectivity index (χ1n) is 7.59. The summed E-state index contributed by atoms with van der Waals surface area (Å²) >= 11 is 5.99. The second kappa shape index (κ2) is 7.87. The minimum atomic E-state index is 0.0292. The topological polar surface area (TPSA) is 47.3 Å². The monoisotopic (exact) mass is 296 g/mol. The van der Waals surface area contributed by atoms with Crippen LogP contribution in [0.2, 0.25) is 5.02 Å². The van der Waals surface area contributed by atoms with Gasteiger partial charge in [0.2, 0.25) is 0 Å². The first-order chi connectivity index (χ1) is 9.70. The van der Waals surface area contributed by atoms with Crippen LogP contribution >= 0.6 is 11.6 Å². The van der Waals surface area contributed by atoms with Crippen molar-refractivity contribution >= 4 is 11.6 Å². The van der Waals surface area contributed by atoms with Crippen molar-refractivity contribution in [2.24, 2.45) is 11.8 Å². The Balaban J connectivity index is 1.98. The lowest BCUT2D eigenvalue weighted by molar-refractivity contribution is 0.127. The molecule has 1 aliphatic rings. The summed E-state index contributed by atoms with van der Waals surface area (Å²) in [6.07, 6.45) is 7.78. The smallest absolute Gasteiger partial charge is 0.121 e. The van der Waals surface area contributed by atoms with Gasteiger partial charge in [0.1, 0.15) is 11.9 Å². The van der Waals surface area contributed by atoms with E-state index in [1.54, 1.807) is 0 Å². The molecule has 0 aromatic heterocycles. The van der Waals surface area contributed by atoms with E-state index in [1.165, 1.54) is 38.5 Å². The molecule has 2 rings (SSSR count). The summed E-state index contributed by atoms with van der Waals surface area (Å²) in [4.78, 5) is 0. The van der Waals surface area contributed by atoms with Crippen LogP contribution < -0.4 is 16.0 Å². The molecule has 0 heterocycles. The molecular weight excluding hydrogens is 272 g/mol. The lowest BCUT2D eigenvalue weighted by Gasteiger charge is -2.31. The Morgan fingerprint density at radius 3 is 2.55 bits per heavy atom. The van der Waals surface area contributed by atoms with E-state index in [4.69, 9.17) is 22.2 Å². The zero-order valence-corrected chi connectivity index (χ0v) is 12.9. The van der Waals surface area contributed by atoms with Crippen LogP contribution in [0, 0.1) is 5.92 Å². The summed E-state index contributed by atoms with van der Waals surface area (Å²) in [7, 11) is 0. The fourth-order valence-corrected chi connectivity index (χ4v) is 3.33. The third-order valence-corrected chi connectivity index (χ3v) is 4.46. The number of halogens is 1. The van der Waals surface area contributed by atoms with E-state index < -0.39 is 0 Å². The fourth-order valence-electron chi connectivity index (χ4n) is 3.15. The van der Waals surface area contributed by atoms with E-state index >= 15 is 0 Å². The first kappa shape index (κ1) is 15.6. The minimum absolute atomic E-state index is 0.0292. The lowest BCUT2D eigenvalue weighted by Crippen LogP contribution is -2.49. The van der Waals surface area contributed by atoms with E-state index in [-0.39, 0.29) is 12.1 Å². The molecule has 3 nitrogen and oxygen atoms in total. The van der Waals surface area contributed by atoms with E-state index in [0.29, 0.717) is 10.9 Å². The van der Waals surface area contributed by atoms with Gasteiger partial charge in [0.15, 0.2) is 0 Å². The van der Waals surface area contributed by atoms with Crippen molar-refractivity contribution in [2.75, 3.05) is 0 Å². The van der Waals surface area contributed by atoms with Gasteiger partial charge in [-0.3, -0.25) is 11.3 Å². The Morgan fingerprint density at radius 1 is 1.25 bits per heavy atom. The molecule has 20 heavy (non-hydrogen) atoms. The van der Waals surface area contributed by atoms with Crippen molar-refractivity contribution in [2.45, 2.75) is 57.6 Å². The van der Waals surface area contributed by atoms with Crippen LogP contribution in [0.25, 0.3) is 0 Å². The molecule has 0 saturated heterocycles. The predicted octanol–water partition coefficient (Wildman–Crippen LogP) is 3.91. The van der Waals surface area contributed by atoms with Crippen LogP contribution in [0.1, 0.15) is 45.4 Å². The zero-order chi connectivity index (χ0) is 14.4. The summed E-state index contributed by atoms with van der Waals surface area (Å²) < 4.78 is 6.02. The Kier molecular flexibility index (Phi) is 6.14. The van der Waals surface area contributed by atoms with Crippen molar-refractivity contribution in [3.8, 4) is 5.75 Å². The summed E-state index contributed by atoms with van der Waals surface area (Å²) in [5, 5.41) is 0.696. The molecule has 2 atom stereocenters. The van der Waals surface area contributed by atoms with Crippen LogP contribution in [0.4, 0.5) is 0 Å². The third-order valence-electron chi connectivity index (χ3n) is 4.22. The molecular formula is C16H25ClN2O. The average Bonchev–Trinajstić information content (AvgIpc) is 2.69. The number of ether oxygens (including phenoxy) is 1. The van der Waals surface area contributed by atoms with Gasteiger partial charge in [-0.25, -0.2) is 0 Å². The maximum absolute atomic E-state index is 6.02. The highest BCUT2D eigenvalue weighted by Gasteiger charge is 2.27. The molecule has 1 aromatic carbocycles. The summed E-state index contributed by atoms with van der Waals surface area (Å²) in [5.41, 5.74) is 2.98. The summed E-state index contributed by atoms with van der Waals surface area (Å²) in [6, 6.07) is 7.72. The van der Waals surface area contributed by atoms with E-state index in [2.05, 4.69) is 12.3 Å². The first-order valence-corrected chi connectivity index (χ1v) is 7.97. The Labute approximate surface area is 126 Å². The molecule has 112 valence electrons.